The molecule has 0 spiro atoms. The lowest BCUT2D eigenvalue weighted by molar-refractivity contribution is -0.386. The molecule has 1 amide bonds. The molecule has 1 heterocycles. The molecule has 0 aliphatic heterocycles. The highest BCUT2D eigenvalue weighted by Gasteiger charge is 2.25. The van der Waals surface area contributed by atoms with E-state index >= 15 is 0 Å². The number of nitrogen functional groups attached to an aromatic ring is 2. The van der Waals surface area contributed by atoms with E-state index in [1.54, 1.807) is 57.7 Å². The molecule has 5 N–H and O–H groups in total. The van der Waals surface area contributed by atoms with Crippen molar-refractivity contribution in [3.05, 3.63) is 111 Å². The molecule has 19 heteroatoms. The highest BCUT2D eigenvalue weighted by atomic mass is 16.6. The third kappa shape index (κ3) is 13.2. The molecular weight excluding hydrogens is 845 g/mol. The molecule has 346 valence electrons. The molecule has 65 heavy (non-hydrogen) atoms. The van der Waals surface area contributed by atoms with Crippen LogP contribution in [-0.4, -0.2) is 82.6 Å². The van der Waals surface area contributed by atoms with Gasteiger partial charge in [-0.2, -0.15) is 4.98 Å². The van der Waals surface area contributed by atoms with E-state index in [0.29, 0.717) is 71.3 Å². The zero-order valence-corrected chi connectivity index (χ0v) is 37.1. The maximum Gasteiger partial charge on any atom is 0.293 e. The minimum atomic E-state index is -0.749. The first kappa shape index (κ1) is 48.5. The summed E-state index contributed by atoms with van der Waals surface area (Å²) >= 11 is 0. The Bertz CT molecular complexity index is 2390. The second kappa shape index (κ2) is 23.8. The van der Waals surface area contributed by atoms with E-state index in [1.165, 1.54) is 33.5 Å². The molecule has 1 aromatic heterocycles. The molecule has 2 unspecified atom stereocenters. The van der Waals surface area contributed by atoms with Crippen LogP contribution in [-0.2, 0) is 31.9 Å². The first-order chi connectivity index (χ1) is 31.4. The van der Waals surface area contributed by atoms with E-state index in [0.717, 1.165) is 11.1 Å². The minimum Gasteiger partial charge on any atom is -0.493 e. The molecule has 0 aliphatic carbocycles. The number of aryl methyl sites for hydroxylation is 1. The number of carbonyl (C=O) groups excluding carboxylic acids is 2. The second-order valence-electron chi connectivity index (χ2n) is 14.4. The summed E-state index contributed by atoms with van der Waals surface area (Å²) in [6.45, 7) is 2.25. The third-order valence-corrected chi connectivity index (χ3v) is 10.2. The first-order valence-corrected chi connectivity index (χ1v) is 20.5. The number of nitrogens with one attached hydrogen (secondary N) is 1. The number of aromatic nitrogens is 2. The number of nitrogens with two attached hydrogens (primary N) is 2. The van der Waals surface area contributed by atoms with E-state index in [-0.39, 0.29) is 73.1 Å². The number of nitro benzene ring substituents is 1. The summed E-state index contributed by atoms with van der Waals surface area (Å²) < 4.78 is 50.7. The Morgan fingerprint density at radius 1 is 0.815 bits per heavy atom. The minimum absolute atomic E-state index is 0.0479. The molecule has 0 aliphatic rings. The Morgan fingerprint density at radius 3 is 2.17 bits per heavy atom. The molecule has 5 aromatic rings. The predicted molar refractivity (Wildman–Crippen MR) is 240 cm³/mol. The molecule has 19 nitrogen and oxygen atoms in total. The van der Waals surface area contributed by atoms with Crippen LogP contribution in [0.3, 0.4) is 0 Å². The number of hydrogen-bond acceptors (Lipinski definition) is 17. The van der Waals surface area contributed by atoms with Crippen LogP contribution in [0.4, 0.5) is 23.1 Å². The summed E-state index contributed by atoms with van der Waals surface area (Å²) in [6, 6.07) is 19.0. The van der Waals surface area contributed by atoms with Crippen molar-refractivity contribution >= 4 is 35.5 Å². The van der Waals surface area contributed by atoms with E-state index in [2.05, 4.69) is 15.3 Å². The summed E-state index contributed by atoms with van der Waals surface area (Å²) in [5.74, 6) is 2.80. The van der Waals surface area contributed by atoms with Crippen molar-refractivity contribution in [2.24, 2.45) is 0 Å². The maximum absolute atomic E-state index is 13.0. The van der Waals surface area contributed by atoms with Crippen molar-refractivity contribution in [2.75, 3.05) is 72.2 Å². The lowest BCUT2D eigenvalue weighted by Gasteiger charge is -2.19. The summed E-state index contributed by atoms with van der Waals surface area (Å²) in [7, 11) is 7.55. The first-order valence-electron chi connectivity index (χ1n) is 20.5. The predicted octanol–water partition coefficient (Wildman–Crippen LogP) is 6.98. The Labute approximate surface area is 376 Å². The molecule has 0 bridgehead atoms. The number of methoxy groups -OCH3 is 5. The normalized spacial score (nSPS) is 11.7. The van der Waals surface area contributed by atoms with Gasteiger partial charge in [0.15, 0.2) is 34.5 Å². The van der Waals surface area contributed by atoms with Crippen LogP contribution in [0.25, 0.3) is 0 Å². The molecule has 0 fully saturated rings. The number of nitrogens with zero attached hydrogens (tertiary/aromatic N) is 3. The van der Waals surface area contributed by atoms with Crippen LogP contribution >= 0.6 is 0 Å². The van der Waals surface area contributed by atoms with Gasteiger partial charge in [0.05, 0.1) is 71.4 Å². The number of carbonyl (C=O) groups is 2. The van der Waals surface area contributed by atoms with Gasteiger partial charge in [-0.3, -0.25) is 19.7 Å². The summed E-state index contributed by atoms with van der Waals surface area (Å²) in [5, 5.41) is 15.1. The van der Waals surface area contributed by atoms with Crippen molar-refractivity contribution in [1.29, 1.82) is 0 Å². The highest BCUT2D eigenvalue weighted by molar-refractivity contribution is 5.90. The van der Waals surface area contributed by atoms with Gasteiger partial charge >= 0.3 is 0 Å². The van der Waals surface area contributed by atoms with Crippen molar-refractivity contribution in [1.82, 2.24) is 9.97 Å². The zero-order chi connectivity index (χ0) is 46.9. The standard InChI is InChI=1S/C46H54N6O13/c1-28(62-17-18-64-44-41(60-5)21-30(22-42(44)61-6)19-32-26-49-46(48)51-45(32)47)34-24-39(59-4)40(25-35(34)52(55)56)63-16-8-11-43(54)50-33-10-7-9-31(23-33)36(65-27-53)14-12-29-13-15-37(57-2)38(20-29)58-3/h7,9-10,13,15,20-28,36H,8,11-12,14,16-19H2,1-6H3,(H,50,54)(H4,47,48,49,51). The van der Waals surface area contributed by atoms with Crippen LogP contribution in [0.15, 0.2) is 72.9 Å². The van der Waals surface area contributed by atoms with E-state index < -0.39 is 17.1 Å². The van der Waals surface area contributed by atoms with Crippen LogP contribution in [0, 0.1) is 10.1 Å². The quantitative estimate of drug-likeness (QED) is 0.0219. The fourth-order valence-electron chi connectivity index (χ4n) is 6.92. The molecule has 0 saturated heterocycles. The number of rotatable bonds is 26. The fourth-order valence-corrected chi connectivity index (χ4v) is 6.92. The Hall–Kier alpha value is -7.54. The molecule has 2 atom stereocenters. The number of ether oxygens (including phenoxy) is 9. The SMILES string of the molecule is COc1ccc(CCC(OC=O)c2cccc(NC(=O)CCCOc3cc([N+](=O)[O-])c(C(C)OCCOc4c(OC)cc(Cc5cnc(N)nc5N)cc4OC)cc3OC)c2)cc1OC. The molecular formula is C46H54N6O13. The van der Waals surface area contributed by atoms with Crippen molar-refractivity contribution in [2.45, 2.75) is 51.2 Å². The fraction of sp³-hybridized carbons (Fsp3) is 0.348. The van der Waals surface area contributed by atoms with E-state index in [4.69, 9.17) is 54.1 Å². The average molecular weight is 899 g/mol. The van der Waals surface area contributed by atoms with Crippen molar-refractivity contribution in [3.63, 3.8) is 0 Å². The Balaban J connectivity index is 1.13. The van der Waals surface area contributed by atoms with E-state index in [1.807, 2.05) is 24.3 Å². The van der Waals surface area contributed by atoms with Gasteiger partial charge in [0.25, 0.3) is 12.2 Å². The van der Waals surface area contributed by atoms with Gasteiger partial charge in [0.2, 0.25) is 17.6 Å². The maximum atomic E-state index is 13.0. The Kier molecular flexibility index (Phi) is 17.7. The van der Waals surface area contributed by atoms with Gasteiger partial charge in [0.1, 0.15) is 18.5 Å². The van der Waals surface area contributed by atoms with Gasteiger partial charge in [-0.15, -0.1) is 0 Å². The molecule has 4 aromatic carbocycles. The van der Waals surface area contributed by atoms with Crippen LogP contribution in [0.5, 0.6) is 40.2 Å². The Morgan fingerprint density at radius 2 is 1.51 bits per heavy atom. The number of anilines is 3. The second-order valence-corrected chi connectivity index (χ2v) is 14.4. The number of nitro groups is 1. The molecule has 0 saturated carbocycles. The van der Waals surface area contributed by atoms with Crippen molar-refractivity contribution in [3.8, 4) is 40.2 Å². The third-order valence-electron chi connectivity index (χ3n) is 10.2. The van der Waals surface area contributed by atoms with E-state index in [9.17, 15) is 19.7 Å². The van der Waals surface area contributed by atoms with Gasteiger partial charge in [-0.05, 0) is 85.3 Å². The molecule has 5 rings (SSSR count). The van der Waals surface area contributed by atoms with Gasteiger partial charge in [0, 0.05) is 30.3 Å². The average Bonchev–Trinajstić information content (AvgIpc) is 3.31. The number of amides is 1. The van der Waals surface area contributed by atoms with Crippen molar-refractivity contribution < 1.29 is 57.1 Å². The smallest absolute Gasteiger partial charge is 0.293 e. The topological polar surface area (TPSA) is 250 Å². The van der Waals surface area contributed by atoms with Crippen LogP contribution in [0.2, 0.25) is 0 Å². The summed E-state index contributed by atoms with van der Waals surface area (Å²) in [6.07, 6.45) is 2.07. The number of hydrogen-bond donors (Lipinski definition) is 3. The lowest BCUT2D eigenvalue weighted by atomic mass is 10.0. The van der Waals surface area contributed by atoms with Crippen LogP contribution < -0.4 is 49.9 Å². The van der Waals surface area contributed by atoms with Gasteiger partial charge in [-0.25, -0.2) is 4.98 Å². The van der Waals surface area contributed by atoms with Gasteiger partial charge in [-0.1, -0.05) is 18.2 Å². The highest BCUT2D eigenvalue weighted by Crippen LogP contribution is 2.41. The zero-order valence-electron chi connectivity index (χ0n) is 37.1. The largest absolute Gasteiger partial charge is 0.493 e. The molecule has 0 radical (unpaired) electrons. The summed E-state index contributed by atoms with van der Waals surface area (Å²) in [5.41, 5.74) is 15.3. The summed E-state index contributed by atoms with van der Waals surface area (Å²) in [4.78, 5) is 44.1. The van der Waals surface area contributed by atoms with Gasteiger partial charge < -0.3 is 59.4 Å². The number of benzene rings is 4. The van der Waals surface area contributed by atoms with Crippen LogP contribution in [0.1, 0.15) is 66.2 Å². The monoisotopic (exact) mass is 898 g/mol. The lowest BCUT2D eigenvalue weighted by Crippen LogP contribution is -2.14.